The third kappa shape index (κ3) is 4.63. The van der Waals surface area contributed by atoms with Crippen LogP contribution >= 0.6 is 0 Å². The Morgan fingerprint density at radius 2 is 1.75 bits per heavy atom. The maximum atomic E-state index is 9.74. The molecule has 0 N–H and O–H groups in total. The molecule has 0 aliphatic heterocycles. The Morgan fingerprint density at radius 1 is 1.12 bits per heavy atom. The Kier molecular flexibility index (Phi) is 4.94. The Morgan fingerprint density at radius 3 is 2.19 bits per heavy atom. The lowest BCUT2D eigenvalue weighted by molar-refractivity contribution is 0.385. The maximum Gasteiger partial charge on any atom is 0.518 e. The standard InChI is InChI=1S/C9H7N.C3H2O3/c10-8-4-7-9-5-2-1-3-6-9;4-3-5-1-2-6-3/h1-7H;1-2H. The molecule has 16 heavy (non-hydrogen) atoms. The van der Waals surface area contributed by atoms with E-state index in [9.17, 15) is 4.79 Å². The van der Waals surface area contributed by atoms with E-state index in [1.165, 1.54) is 18.6 Å². The molecule has 4 heteroatoms. The zero-order valence-corrected chi connectivity index (χ0v) is 8.37. The van der Waals surface area contributed by atoms with E-state index < -0.39 is 5.82 Å². The van der Waals surface area contributed by atoms with Crippen molar-refractivity contribution in [2.24, 2.45) is 0 Å². The van der Waals surface area contributed by atoms with Crippen molar-refractivity contribution in [1.82, 2.24) is 0 Å². The minimum Gasteiger partial charge on any atom is -0.399 e. The Bertz CT molecular complexity index is 500. The van der Waals surface area contributed by atoms with Gasteiger partial charge in [-0.05, 0) is 11.6 Å². The Balaban J connectivity index is 0.000000181. The van der Waals surface area contributed by atoms with Crippen LogP contribution in [0, 0.1) is 11.3 Å². The molecule has 1 heterocycles. The third-order valence-corrected chi connectivity index (χ3v) is 1.53. The average Bonchev–Trinajstić information content (AvgIpc) is 2.80. The van der Waals surface area contributed by atoms with Crippen molar-refractivity contribution in [1.29, 1.82) is 5.26 Å². The molecule has 0 aliphatic carbocycles. The number of hydrogen-bond acceptors (Lipinski definition) is 4. The third-order valence-electron chi connectivity index (χ3n) is 1.53. The molecule has 0 spiro atoms. The van der Waals surface area contributed by atoms with Crippen LogP contribution in [0.15, 0.2) is 62.6 Å². The topological polar surface area (TPSA) is 67.1 Å². The first-order valence-electron chi connectivity index (χ1n) is 4.46. The highest BCUT2D eigenvalue weighted by atomic mass is 16.5. The van der Waals surface area contributed by atoms with E-state index in [0.29, 0.717) is 0 Å². The predicted molar refractivity (Wildman–Crippen MR) is 58.3 cm³/mol. The second kappa shape index (κ2) is 6.85. The largest absolute Gasteiger partial charge is 0.518 e. The van der Waals surface area contributed by atoms with Crippen molar-refractivity contribution in [2.45, 2.75) is 0 Å². The summed E-state index contributed by atoms with van der Waals surface area (Å²) >= 11 is 0. The zero-order chi connectivity index (χ0) is 11.6. The lowest BCUT2D eigenvalue weighted by Gasteiger charge is -1.86. The van der Waals surface area contributed by atoms with Crippen molar-refractivity contribution in [3.63, 3.8) is 0 Å². The fraction of sp³-hybridized carbons (Fsp3) is 0. The van der Waals surface area contributed by atoms with E-state index in [0.717, 1.165) is 5.56 Å². The molecule has 0 radical (unpaired) electrons. The van der Waals surface area contributed by atoms with Crippen LogP contribution in [-0.4, -0.2) is 0 Å². The number of nitriles is 1. The molecule has 4 nitrogen and oxygen atoms in total. The lowest BCUT2D eigenvalue weighted by Crippen LogP contribution is -1.83. The minimum atomic E-state index is -0.657. The summed E-state index contributed by atoms with van der Waals surface area (Å²) in [4.78, 5) is 9.74. The Labute approximate surface area is 92.1 Å². The van der Waals surface area contributed by atoms with Crippen LogP contribution in [0.2, 0.25) is 0 Å². The molecule has 2 rings (SSSR count). The molecule has 0 fully saturated rings. The molecule has 0 unspecified atom stereocenters. The van der Waals surface area contributed by atoms with Gasteiger partial charge in [-0.3, -0.25) is 0 Å². The number of allylic oxidation sites excluding steroid dienone is 1. The van der Waals surface area contributed by atoms with Crippen LogP contribution in [0.25, 0.3) is 6.08 Å². The second-order valence-corrected chi connectivity index (χ2v) is 2.63. The molecule has 0 saturated carbocycles. The van der Waals surface area contributed by atoms with Gasteiger partial charge in [-0.15, -0.1) is 0 Å². The van der Waals surface area contributed by atoms with E-state index in [1.54, 1.807) is 6.08 Å². The summed E-state index contributed by atoms with van der Waals surface area (Å²) in [5.74, 6) is -0.657. The van der Waals surface area contributed by atoms with Gasteiger partial charge in [-0.25, -0.2) is 4.79 Å². The smallest absolute Gasteiger partial charge is 0.399 e. The molecule has 1 aromatic carbocycles. The molecule has 1 aromatic heterocycles. The summed E-state index contributed by atoms with van der Waals surface area (Å²) in [5.41, 5.74) is 1.06. The first kappa shape index (κ1) is 11.5. The molecule has 0 bridgehead atoms. The maximum absolute atomic E-state index is 9.74. The van der Waals surface area contributed by atoms with Gasteiger partial charge in [0.15, 0.2) is 0 Å². The first-order chi connectivity index (χ1) is 7.83. The van der Waals surface area contributed by atoms with Gasteiger partial charge in [-0.1, -0.05) is 30.3 Å². The van der Waals surface area contributed by atoms with E-state index in [1.807, 2.05) is 36.4 Å². The summed E-state index contributed by atoms with van der Waals surface area (Å²) < 4.78 is 8.22. The summed E-state index contributed by atoms with van der Waals surface area (Å²) in [5, 5.41) is 8.19. The van der Waals surface area contributed by atoms with Gasteiger partial charge in [0, 0.05) is 6.08 Å². The highest BCUT2D eigenvalue weighted by Crippen LogP contribution is 1.99. The summed E-state index contributed by atoms with van der Waals surface area (Å²) in [6.45, 7) is 0. The van der Waals surface area contributed by atoms with Gasteiger partial charge in [0.25, 0.3) is 0 Å². The number of rotatable bonds is 1. The fourth-order valence-electron chi connectivity index (χ4n) is 0.892. The van der Waals surface area contributed by atoms with Gasteiger partial charge in [0.05, 0.1) is 6.07 Å². The van der Waals surface area contributed by atoms with Crippen LogP contribution in [-0.2, 0) is 0 Å². The summed E-state index contributed by atoms with van der Waals surface area (Å²) in [6, 6.07) is 11.7. The van der Waals surface area contributed by atoms with Gasteiger partial charge in [-0.2, -0.15) is 5.26 Å². The molecule has 0 aliphatic rings. The summed E-state index contributed by atoms with van der Waals surface area (Å²) in [7, 11) is 0. The van der Waals surface area contributed by atoms with E-state index in [2.05, 4.69) is 8.83 Å². The molecule has 80 valence electrons. The highest BCUT2D eigenvalue weighted by molar-refractivity contribution is 5.51. The monoisotopic (exact) mass is 215 g/mol. The van der Waals surface area contributed by atoms with Crippen molar-refractivity contribution in [3.8, 4) is 6.07 Å². The van der Waals surface area contributed by atoms with Gasteiger partial charge in [0.1, 0.15) is 12.5 Å². The molecular formula is C12H9NO3. The van der Waals surface area contributed by atoms with Crippen LogP contribution < -0.4 is 5.82 Å². The van der Waals surface area contributed by atoms with E-state index in [-0.39, 0.29) is 0 Å². The molecule has 0 atom stereocenters. The number of nitrogens with zero attached hydrogens (tertiary/aromatic N) is 1. The van der Waals surface area contributed by atoms with Crippen molar-refractivity contribution < 1.29 is 8.83 Å². The quantitative estimate of drug-likeness (QED) is 0.685. The normalized spacial score (nSPS) is 9.19. The Hall–Kier alpha value is -2.54. The van der Waals surface area contributed by atoms with Crippen LogP contribution in [0.3, 0.4) is 0 Å². The van der Waals surface area contributed by atoms with E-state index >= 15 is 0 Å². The summed E-state index contributed by atoms with van der Waals surface area (Å²) in [6.07, 6.45) is 5.61. The van der Waals surface area contributed by atoms with Crippen LogP contribution in [0.5, 0.6) is 0 Å². The molecular weight excluding hydrogens is 206 g/mol. The fourth-order valence-corrected chi connectivity index (χ4v) is 0.892. The zero-order valence-electron chi connectivity index (χ0n) is 8.37. The van der Waals surface area contributed by atoms with Crippen molar-refractivity contribution in [2.75, 3.05) is 0 Å². The SMILES string of the molecule is N#CC=Cc1ccccc1.O=c1occo1. The first-order valence-corrected chi connectivity index (χ1v) is 4.46. The molecule has 0 amide bonds. The van der Waals surface area contributed by atoms with Gasteiger partial charge >= 0.3 is 5.82 Å². The van der Waals surface area contributed by atoms with Gasteiger partial charge in [0.2, 0.25) is 0 Å². The van der Waals surface area contributed by atoms with Crippen LogP contribution in [0.1, 0.15) is 5.56 Å². The lowest BCUT2D eigenvalue weighted by atomic mass is 10.2. The van der Waals surface area contributed by atoms with Crippen molar-refractivity contribution in [3.05, 3.63) is 65.1 Å². The second-order valence-electron chi connectivity index (χ2n) is 2.63. The van der Waals surface area contributed by atoms with Crippen molar-refractivity contribution >= 4 is 6.08 Å². The number of hydrogen-bond donors (Lipinski definition) is 0. The number of benzene rings is 1. The molecule has 0 saturated heterocycles. The average molecular weight is 215 g/mol. The highest BCUT2D eigenvalue weighted by Gasteiger charge is 1.79. The van der Waals surface area contributed by atoms with Crippen LogP contribution in [0.4, 0.5) is 0 Å². The minimum absolute atomic E-state index is 0.657. The van der Waals surface area contributed by atoms with E-state index in [4.69, 9.17) is 5.26 Å². The molecule has 2 aromatic rings. The predicted octanol–water partition coefficient (Wildman–Crippen LogP) is 2.46. The van der Waals surface area contributed by atoms with Gasteiger partial charge < -0.3 is 8.83 Å².